The van der Waals surface area contributed by atoms with E-state index in [4.69, 9.17) is 30.5 Å². The first-order valence-corrected chi connectivity index (χ1v) is 16.2. The molecule has 7 rings (SSSR count). The number of fused-ring (bicyclic) bond motifs is 1. The molecule has 3 aliphatic rings. The second-order valence-electron chi connectivity index (χ2n) is 12.4. The van der Waals surface area contributed by atoms with Gasteiger partial charge in [-0.1, -0.05) is 36.4 Å². The second kappa shape index (κ2) is 13.1. The van der Waals surface area contributed by atoms with Gasteiger partial charge < -0.3 is 24.5 Å². The van der Waals surface area contributed by atoms with Crippen molar-refractivity contribution in [3.8, 4) is 11.8 Å². The van der Waals surface area contributed by atoms with E-state index in [1.807, 2.05) is 54.3 Å². The average Bonchev–Trinajstić information content (AvgIpc) is 3.49. The van der Waals surface area contributed by atoms with Gasteiger partial charge in [-0.15, -0.1) is 11.6 Å². The van der Waals surface area contributed by atoms with Crippen molar-refractivity contribution in [1.29, 1.82) is 5.26 Å². The summed E-state index contributed by atoms with van der Waals surface area (Å²) in [6.45, 7) is 4.96. The molecule has 0 spiro atoms. The number of amides is 1. The van der Waals surface area contributed by atoms with Gasteiger partial charge in [0.15, 0.2) is 11.1 Å². The number of aromatic nitrogens is 2. The average molecular weight is 669 g/mol. The number of pyridine rings is 1. The first-order chi connectivity index (χ1) is 23.3. The topological polar surface area (TPSA) is 126 Å². The zero-order valence-corrected chi connectivity index (χ0v) is 27.3. The van der Waals surface area contributed by atoms with Crippen LogP contribution < -0.4 is 15.4 Å². The van der Waals surface area contributed by atoms with Crippen molar-refractivity contribution in [2.45, 2.75) is 43.1 Å². The Kier molecular flexibility index (Phi) is 8.74. The lowest BCUT2D eigenvalue weighted by Crippen LogP contribution is -2.52. The molecule has 2 unspecified atom stereocenters. The van der Waals surface area contributed by atoms with Crippen molar-refractivity contribution in [3.63, 3.8) is 0 Å². The highest BCUT2D eigenvalue weighted by atomic mass is 35.5. The Morgan fingerprint density at radius 2 is 2.06 bits per heavy atom. The van der Waals surface area contributed by atoms with E-state index in [-0.39, 0.29) is 28.8 Å². The van der Waals surface area contributed by atoms with Crippen LogP contribution in [0.1, 0.15) is 44.2 Å². The maximum Gasteiger partial charge on any atom is 0.271 e. The van der Waals surface area contributed by atoms with Gasteiger partial charge in [-0.05, 0) is 47.4 Å². The molecular formula is C36H34ClFN6O4. The van der Waals surface area contributed by atoms with Gasteiger partial charge in [0.05, 0.1) is 37.3 Å². The van der Waals surface area contributed by atoms with E-state index < -0.39 is 23.0 Å². The molecule has 0 radical (unpaired) electrons. The van der Waals surface area contributed by atoms with Crippen LogP contribution in [0.3, 0.4) is 0 Å². The molecule has 0 saturated carbocycles. The van der Waals surface area contributed by atoms with Crippen molar-refractivity contribution in [3.05, 3.63) is 106 Å². The Morgan fingerprint density at radius 3 is 2.77 bits per heavy atom. The van der Waals surface area contributed by atoms with Gasteiger partial charge in [0, 0.05) is 44.0 Å². The first kappa shape index (κ1) is 32.0. The quantitative estimate of drug-likeness (QED) is 0.226. The fourth-order valence-corrected chi connectivity index (χ4v) is 6.70. The Morgan fingerprint density at radius 1 is 1.25 bits per heavy atom. The van der Waals surface area contributed by atoms with E-state index in [1.54, 1.807) is 31.5 Å². The van der Waals surface area contributed by atoms with Crippen molar-refractivity contribution in [2.75, 3.05) is 33.4 Å². The van der Waals surface area contributed by atoms with Gasteiger partial charge in [0.25, 0.3) is 5.91 Å². The summed E-state index contributed by atoms with van der Waals surface area (Å²) >= 11 is 7.39. The van der Waals surface area contributed by atoms with Crippen LogP contribution in [-0.2, 0) is 23.4 Å². The number of allylic oxidation sites excluding steroid dienone is 2. The maximum atomic E-state index is 14.1. The van der Waals surface area contributed by atoms with Crippen LogP contribution in [0.5, 0.6) is 5.75 Å². The number of aryl methyl sites for hydroxylation is 1. The number of carbonyl (C=O) groups excluding carboxylic acids is 1. The molecule has 2 aromatic heterocycles. The minimum atomic E-state index is -1.48. The van der Waals surface area contributed by atoms with Gasteiger partial charge in [0.2, 0.25) is 5.89 Å². The molecule has 2 aliphatic heterocycles. The SMILES string of the molecule is COc1cc(C(=O)NC2(c3nc4cc(CN5CC(F)C5)cc(C#N)c4o3)C=CC=C(c3ccccc3C)C2Cl)ncc1CNC1COC1. The Labute approximate surface area is 282 Å². The van der Waals surface area contributed by atoms with E-state index in [0.29, 0.717) is 50.7 Å². The number of likely N-dealkylation sites (tertiary alicyclic amines) is 1. The molecule has 4 heterocycles. The van der Waals surface area contributed by atoms with Crippen molar-refractivity contribution in [2.24, 2.45) is 0 Å². The number of methoxy groups -OCH3 is 1. The Hall–Kier alpha value is -4.60. The number of nitrogens with one attached hydrogen (secondary N) is 2. The highest BCUT2D eigenvalue weighted by molar-refractivity contribution is 6.28. The van der Waals surface area contributed by atoms with E-state index in [1.165, 1.54) is 0 Å². The third-order valence-electron chi connectivity index (χ3n) is 9.04. The number of hydrogen-bond donors (Lipinski definition) is 2. The molecule has 2 aromatic carbocycles. The lowest BCUT2D eigenvalue weighted by atomic mass is 9.81. The van der Waals surface area contributed by atoms with Crippen LogP contribution in [0.15, 0.2) is 71.3 Å². The minimum absolute atomic E-state index is 0.109. The summed E-state index contributed by atoms with van der Waals surface area (Å²) in [5, 5.41) is 15.7. The van der Waals surface area contributed by atoms with Crippen LogP contribution in [0.4, 0.5) is 4.39 Å². The maximum absolute atomic E-state index is 14.1. The number of benzene rings is 2. The molecule has 12 heteroatoms. The molecule has 2 N–H and O–H groups in total. The van der Waals surface area contributed by atoms with Gasteiger partial charge in [-0.2, -0.15) is 5.26 Å². The number of nitrogens with zero attached hydrogens (tertiary/aromatic N) is 4. The molecule has 1 amide bonds. The number of oxazole rings is 1. The summed E-state index contributed by atoms with van der Waals surface area (Å²) in [6, 6.07) is 15.5. The van der Waals surface area contributed by atoms with Crippen LogP contribution in [-0.4, -0.2) is 71.8 Å². The molecule has 0 bridgehead atoms. The largest absolute Gasteiger partial charge is 0.496 e. The minimum Gasteiger partial charge on any atom is -0.496 e. The standard InChI is InChI=1S/C36H34ClFN6O4/c1-21-6-3-4-7-27(21)28-8-5-9-36(33(28)37,43-34(45)30-12-31(46-2)24(15-41-30)14-40-26-19-47-20-26)35-42-29-11-22(16-44-17-25(38)18-44)10-23(13-39)32(29)48-35/h3-12,15,25-26,33,40H,14,16-20H2,1-2H3,(H,43,45). The zero-order chi connectivity index (χ0) is 33.4. The summed E-state index contributed by atoms with van der Waals surface area (Å²) < 4.78 is 30.7. The molecular weight excluding hydrogens is 635 g/mol. The predicted octanol–water partition coefficient (Wildman–Crippen LogP) is 4.94. The van der Waals surface area contributed by atoms with E-state index >= 15 is 0 Å². The number of alkyl halides is 2. The highest BCUT2D eigenvalue weighted by Crippen LogP contribution is 2.43. The third-order valence-corrected chi connectivity index (χ3v) is 9.62. The fourth-order valence-electron chi connectivity index (χ4n) is 6.29. The Bertz CT molecular complexity index is 1980. The van der Waals surface area contributed by atoms with Crippen LogP contribution >= 0.6 is 11.6 Å². The van der Waals surface area contributed by atoms with Gasteiger partial charge in [0.1, 0.15) is 29.2 Å². The van der Waals surface area contributed by atoms with Gasteiger partial charge in [-0.25, -0.2) is 9.37 Å². The molecule has 10 nitrogen and oxygen atoms in total. The van der Waals surface area contributed by atoms with Crippen molar-refractivity contribution >= 4 is 34.2 Å². The lowest BCUT2D eigenvalue weighted by Gasteiger charge is -2.36. The van der Waals surface area contributed by atoms with Crippen LogP contribution in [0.2, 0.25) is 0 Å². The molecule has 246 valence electrons. The number of carbonyl (C=O) groups is 1. The molecule has 1 aliphatic carbocycles. The fraction of sp³-hybridized carbons (Fsp3) is 0.333. The van der Waals surface area contributed by atoms with E-state index in [2.05, 4.69) is 21.7 Å². The number of halogens is 2. The summed E-state index contributed by atoms with van der Waals surface area (Å²) in [5.41, 5.74) is 3.90. The monoisotopic (exact) mass is 668 g/mol. The van der Waals surface area contributed by atoms with Gasteiger partial charge in [-0.3, -0.25) is 14.7 Å². The first-order valence-electron chi connectivity index (χ1n) is 15.7. The van der Waals surface area contributed by atoms with E-state index in [9.17, 15) is 14.4 Å². The molecule has 2 atom stereocenters. The van der Waals surface area contributed by atoms with Crippen molar-refractivity contribution in [1.82, 2.24) is 25.5 Å². The predicted molar refractivity (Wildman–Crippen MR) is 178 cm³/mol. The molecule has 4 aromatic rings. The molecule has 48 heavy (non-hydrogen) atoms. The Balaban J connectivity index is 1.27. The van der Waals surface area contributed by atoms with Crippen molar-refractivity contribution < 1.29 is 23.1 Å². The number of rotatable bonds is 10. The molecule has 2 saturated heterocycles. The smallest absolute Gasteiger partial charge is 0.271 e. The second-order valence-corrected chi connectivity index (χ2v) is 12.8. The normalized spacial score (nSPS) is 21.3. The summed E-state index contributed by atoms with van der Waals surface area (Å²) in [6.07, 6.45) is 6.25. The number of nitriles is 1. The third kappa shape index (κ3) is 5.97. The summed E-state index contributed by atoms with van der Waals surface area (Å²) in [7, 11) is 1.55. The van der Waals surface area contributed by atoms with Crippen LogP contribution in [0, 0.1) is 18.3 Å². The summed E-state index contributed by atoms with van der Waals surface area (Å²) in [4.78, 5) is 25.4. The highest BCUT2D eigenvalue weighted by Gasteiger charge is 2.47. The number of ether oxygens (including phenoxy) is 2. The van der Waals surface area contributed by atoms with Gasteiger partial charge >= 0.3 is 0 Å². The zero-order valence-electron chi connectivity index (χ0n) is 26.5. The lowest BCUT2D eigenvalue weighted by molar-refractivity contribution is -0.00586. The molecule has 2 fully saturated rings. The van der Waals surface area contributed by atoms with E-state index in [0.717, 1.165) is 27.8 Å². The van der Waals surface area contributed by atoms with Crippen LogP contribution in [0.25, 0.3) is 16.7 Å². The number of hydrogen-bond acceptors (Lipinski definition) is 9. The summed E-state index contributed by atoms with van der Waals surface area (Å²) in [5.74, 6) is 0.0927.